The second-order valence-corrected chi connectivity index (χ2v) is 14.7. The van der Waals surface area contributed by atoms with Crippen LogP contribution in [0.3, 0.4) is 0 Å². The lowest BCUT2D eigenvalue weighted by Gasteiger charge is -2.31. The summed E-state index contributed by atoms with van der Waals surface area (Å²) >= 11 is 0. The van der Waals surface area contributed by atoms with Gasteiger partial charge in [-0.3, -0.25) is 0 Å². The molecule has 8 rings (SSSR count). The van der Waals surface area contributed by atoms with E-state index in [1.54, 1.807) is 12.1 Å². The zero-order valence-corrected chi connectivity index (χ0v) is 32.0. The van der Waals surface area contributed by atoms with Gasteiger partial charge < -0.3 is 0 Å². The molecule has 0 atom stereocenters. The van der Waals surface area contributed by atoms with Gasteiger partial charge in [-0.2, -0.15) is 0 Å². The van der Waals surface area contributed by atoms with E-state index in [1.165, 1.54) is 0 Å². The summed E-state index contributed by atoms with van der Waals surface area (Å²) in [6.07, 6.45) is 0. The molecule has 20 heteroatoms. The first-order chi connectivity index (χ1) is 28.2. The topological polar surface area (TPSA) is 0 Å². The van der Waals surface area contributed by atoms with Gasteiger partial charge >= 0.3 is 0 Å². The molecule has 40 radical (unpaired) electrons. The van der Waals surface area contributed by atoms with Crippen molar-refractivity contribution < 1.29 is 0 Å². The normalized spacial score (nSPS) is 11.7. The fourth-order valence-electron chi connectivity index (χ4n) is 8.54. The van der Waals surface area contributed by atoms with Crippen molar-refractivity contribution >= 4 is 309 Å². The van der Waals surface area contributed by atoms with Crippen LogP contribution in [0.15, 0.2) is 36.4 Å². The average Bonchev–Trinajstić information content (AvgIpc) is 3.23. The molecule has 0 aliphatic rings. The van der Waals surface area contributed by atoms with Gasteiger partial charge in [0.1, 0.15) is 157 Å². The summed E-state index contributed by atoms with van der Waals surface area (Å²) < 4.78 is 0. The summed E-state index contributed by atoms with van der Waals surface area (Å²) in [6.45, 7) is 0. The monoisotopic (exact) mass is 706 g/mol. The highest BCUT2D eigenvalue weighted by atomic mass is 14.3. The van der Waals surface area contributed by atoms with Gasteiger partial charge in [0.05, 0.1) is 0 Å². The Kier molecular flexibility index (Phi) is 10.6. The average molecular weight is 703 g/mol. The first-order valence-electron chi connectivity index (χ1n) is 18.0. The Morgan fingerprint density at radius 3 is 0.817 bits per heavy atom. The summed E-state index contributed by atoms with van der Waals surface area (Å²) in [4.78, 5) is 0. The molecule has 0 nitrogen and oxygen atoms in total. The Hall–Kier alpha value is -3.90. The fraction of sp³-hybridized carbons (Fsp3) is 0. The standard InChI is InChI=1S/C40H6B20/c41-21-12(22(42)27(47)20-19(21)30(50)36(56)37(57)31(20)51)10-6-5-9(7-3-1-2-4-8(7)10)11-14-16(25(45)34(54)32(52)23(14)43)13(17-15(11)24(44)33(53)35(55)26(17)46)18-28(48)38(58)40(60)39(59)29(18)49/h1-6H. The van der Waals surface area contributed by atoms with Crippen LogP contribution in [-0.2, 0) is 0 Å². The van der Waals surface area contributed by atoms with Crippen LogP contribution in [0.2, 0.25) is 0 Å². The van der Waals surface area contributed by atoms with Crippen molar-refractivity contribution in [3.63, 3.8) is 0 Å². The SMILES string of the molecule is [B]c1c([B])c([B])c(-c2c3c([B])c([B])c([B])c([B])c3c(-c3ccc(-c4c([B])c([B])c5c([B])c([B])c([B])c([B])c5c4[B])c4ccccc34)c3c([B])c([B])c([B])c([B])c23)c([B])c1[B]. The second-order valence-electron chi connectivity index (χ2n) is 14.7. The van der Waals surface area contributed by atoms with E-state index in [2.05, 4.69) is 0 Å². The fourth-order valence-corrected chi connectivity index (χ4v) is 8.54. The molecule has 0 aliphatic carbocycles. The molecule has 8 aromatic carbocycles. The largest absolute Gasteiger partial charge is 0.115 e. The van der Waals surface area contributed by atoms with Crippen molar-refractivity contribution in [2.24, 2.45) is 0 Å². The maximum atomic E-state index is 7.00. The lowest BCUT2D eigenvalue weighted by atomic mass is 9.56. The predicted molar refractivity (Wildman–Crippen MR) is 281 cm³/mol. The van der Waals surface area contributed by atoms with Gasteiger partial charge in [0.15, 0.2) is 0 Å². The first-order valence-corrected chi connectivity index (χ1v) is 18.0. The van der Waals surface area contributed by atoms with E-state index in [-0.39, 0.29) is 153 Å². The number of fused-ring (bicyclic) bond motifs is 4. The van der Waals surface area contributed by atoms with Gasteiger partial charge in [-0.1, -0.05) is 96.5 Å². The van der Waals surface area contributed by atoms with Crippen molar-refractivity contribution in [3.8, 4) is 33.4 Å². The van der Waals surface area contributed by atoms with E-state index >= 15 is 0 Å². The molecule has 0 N–H and O–H groups in total. The van der Waals surface area contributed by atoms with Gasteiger partial charge in [0, 0.05) is 0 Å². The van der Waals surface area contributed by atoms with Gasteiger partial charge in [-0.05, 0) is 76.5 Å². The van der Waals surface area contributed by atoms with E-state index < -0.39 is 0 Å². The van der Waals surface area contributed by atoms with Crippen LogP contribution in [0.1, 0.15) is 0 Å². The molecule has 0 aliphatic heterocycles. The quantitative estimate of drug-likeness (QED) is 0.127. The number of hydrogen-bond acceptors (Lipinski definition) is 0. The summed E-state index contributed by atoms with van der Waals surface area (Å²) in [7, 11) is 133. The molecule has 0 aromatic heterocycles. The van der Waals surface area contributed by atoms with Crippen LogP contribution in [0.25, 0.3) is 76.5 Å². The van der Waals surface area contributed by atoms with E-state index in [4.69, 9.17) is 157 Å². The molecule has 0 spiro atoms. The highest BCUT2D eigenvalue weighted by Crippen LogP contribution is 2.43. The van der Waals surface area contributed by atoms with Gasteiger partial charge in [0.25, 0.3) is 0 Å². The molecule has 226 valence electrons. The van der Waals surface area contributed by atoms with E-state index in [1.807, 2.05) is 24.3 Å². The molecule has 0 fully saturated rings. The smallest absolute Gasteiger partial charge is 0.112 e. The molecule has 0 saturated carbocycles. The van der Waals surface area contributed by atoms with Crippen molar-refractivity contribution in [2.75, 3.05) is 0 Å². The molecule has 0 amide bonds. The Balaban J connectivity index is 1.64. The third-order valence-corrected chi connectivity index (χ3v) is 11.8. The minimum Gasteiger partial charge on any atom is -0.112 e. The maximum absolute atomic E-state index is 7.00. The highest BCUT2D eigenvalue weighted by Gasteiger charge is 2.28. The number of benzene rings is 8. The number of rotatable bonds is 3. The van der Waals surface area contributed by atoms with Gasteiger partial charge in [0.2, 0.25) is 0 Å². The molecular formula is C40H6B20. The van der Waals surface area contributed by atoms with E-state index in [9.17, 15) is 0 Å². The van der Waals surface area contributed by atoms with E-state index in [0.717, 1.165) is 0 Å². The van der Waals surface area contributed by atoms with Crippen molar-refractivity contribution in [1.29, 1.82) is 0 Å². The van der Waals surface area contributed by atoms with Crippen LogP contribution in [0.4, 0.5) is 0 Å². The van der Waals surface area contributed by atoms with Crippen molar-refractivity contribution in [3.05, 3.63) is 36.4 Å². The number of hydrogen-bond donors (Lipinski definition) is 0. The van der Waals surface area contributed by atoms with Gasteiger partial charge in [-0.15, -0.1) is 49.2 Å². The Morgan fingerprint density at radius 2 is 0.433 bits per heavy atom. The third-order valence-electron chi connectivity index (χ3n) is 11.8. The zero-order valence-electron chi connectivity index (χ0n) is 32.0. The lowest BCUT2D eigenvalue weighted by Crippen LogP contribution is -2.55. The Morgan fingerprint density at radius 1 is 0.183 bits per heavy atom. The molecule has 0 saturated heterocycles. The molecule has 0 bridgehead atoms. The minimum absolute atomic E-state index is 0.0131. The summed E-state index contributed by atoms with van der Waals surface area (Å²) in [6, 6.07) is 11.0. The first kappa shape index (κ1) is 42.8. The lowest BCUT2D eigenvalue weighted by molar-refractivity contribution is 1.71. The molecular weight excluding hydrogens is 697 g/mol. The predicted octanol–water partition coefficient (Wildman–Crippen LogP) is -12.8. The molecule has 60 heavy (non-hydrogen) atoms. The summed E-state index contributed by atoms with van der Waals surface area (Å²) in [5.41, 5.74) is 2.37. The van der Waals surface area contributed by atoms with Crippen LogP contribution in [0, 0.1) is 0 Å². The minimum atomic E-state index is -0.0583. The van der Waals surface area contributed by atoms with Gasteiger partial charge in [-0.25, -0.2) is 0 Å². The molecule has 0 unspecified atom stereocenters. The van der Waals surface area contributed by atoms with Crippen LogP contribution in [0.5, 0.6) is 0 Å². The summed E-state index contributed by atoms with van der Waals surface area (Å²) in [5, 5.41) is 2.79. The second kappa shape index (κ2) is 14.9. The molecule has 8 aromatic rings. The third kappa shape index (κ3) is 5.66. The van der Waals surface area contributed by atoms with Crippen LogP contribution in [-0.4, -0.2) is 157 Å². The van der Waals surface area contributed by atoms with Crippen LogP contribution < -0.4 is 109 Å². The Bertz CT molecular complexity index is 3210. The highest BCUT2D eigenvalue weighted by molar-refractivity contribution is 6.75. The van der Waals surface area contributed by atoms with E-state index in [0.29, 0.717) is 33.0 Å². The van der Waals surface area contributed by atoms with Crippen molar-refractivity contribution in [1.82, 2.24) is 0 Å². The van der Waals surface area contributed by atoms with Crippen molar-refractivity contribution in [2.45, 2.75) is 0 Å². The summed E-state index contributed by atoms with van der Waals surface area (Å²) in [5.74, 6) is 0. The zero-order chi connectivity index (χ0) is 43.9. The Labute approximate surface area is 376 Å². The van der Waals surface area contributed by atoms with Crippen LogP contribution >= 0.6 is 0 Å². The maximum Gasteiger partial charge on any atom is 0.115 e. The molecule has 0 heterocycles.